The van der Waals surface area contributed by atoms with Gasteiger partial charge in [-0.3, -0.25) is 4.79 Å². The normalized spacial score (nSPS) is 18.0. The highest BCUT2D eigenvalue weighted by atomic mass is 32.2. The lowest BCUT2D eigenvalue weighted by Gasteiger charge is -2.41. The molecular formula is C24H25NO5S. The van der Waals surface area contributed by atoms with Gasteiger partial charge in [-0.15, -0.1) is 0 Å². The number of aliphatic carboxylic acids is 1. The minimum absolute atomic E-state index is 0.0730. The number of hydrogen-bond acceptors (Lipinski definition) is 4. The first-order valence-electron chi connectivity index (χ1n) is 10.3. The number of benzene rings is 3. The van der Waals surface area contributed by atoms with Gasteiger partial charge in [0.05, 0.1) is 16.4 Å². The largest absolute Gasteiger partial charge is 0.481 e. The monoisotopic (exact) mass is 439 g/mol. The molecule has 0 aliphatic carbocycles. The van der Waals surface area contributed by atoms with Crippen LogP contribution in [0, 0.1) is 5.92 Å². The van der Waals surface area contributed by atoms with Gasteiger partial charge in [0.2, 0.25) is 10.0 Å². The van der Waals surface area contributed by atoms with Crippen LogP contribution in [0.5, 0.6) is 0 Å². The fraction of sp³-hybridized carbons (Fsp3) is 0.292. The zero-order valence-electron chi connectivity index (χ0n) is 17.0. The molecule has 1 saturated heterocycles. The summed E-state index contributed by atoms with van der Waals surface area (Å²) < 4.78 is 27.7. The van der Waals surface area contributed by atoms with E-state index in [0.717, 1.165) is 16.3 Å². The molecule has 0 saturated carbocycles. The maximum atomic E-state index is 13.2. The second kappa shape index (κ2) is 8.42. The second-order valence-electron chi connectivity index (χ2n) is 8.10. The topological polar surface area (TPSA) is 94.9 Å². The third-order valence-electron chi connectivity index (χ3n) is 6.18. The van der Waals surface area contributed by atoms with Gasteiger partial charge in [0.15, 0.2) is 0 Å². The molecule has 0 aromatic heterocycles. The molecule has 1 atom stereocenters. The van der Waals surface area contributed by atoms with E-state index in [9.17, 15) is 23.4 Å². The molecule has 0 radical (unpaired) electrons. The van der Waals surface area contributed by atoms with Gasteiger partial charge in [0.1, 0.15) is 0 Å². The Balaban J connectivity index is 1.52. The number of carboxylic acids is 1. The molecule has 0 amide bonds. The fourth-order valence-electron chi connectivity index (χ4n) is 4.30. The predicted molar refractivity (Wildman–Crippen MR) is 118 cm³/mol. The average Bonchev–Trinajstić information content (AvgIpc) is 2.78. The summed E-state index contributed by atoms with van der Waals surface area (Å²) >= 11 is 0. The number of piperidine rings is 1. The standard InChI is InChI=1S/C24H25NO5S/c26-23(27)22(16-18-6-2-1-3-7-18)24(28)12-14-25(15-13-24)31(29,30)21-11-10-19-8-4-5-9-20(19)17-21/h1-11,17,22,28H,12-16H2,(H,26,27). The highest BCUT2D eigenvalue weighted by Crippen LogP contribution is 2.35. The summed E-state index contributed by atoms with van der Waals surface area (Å²) in [5.74, 6) is -2.07. The Morgan fingerprint density at radius 3 is 2.19 bits per heavy atom. The van der Waals surface area contributed by atoms with Crippen molar-refractivity contribution < 1.29 is 23.4 Å². The van der Waals surface area contributed by atoms with Crippen molar-refractivity contribution in [2.45, 2.75) is 29.8 Å². The van der Waals surface area contributed by atoms with Gasteiger partial charge in [-0.25, -0.2) is 8.42 Å². The molecule has 0 bridgehead atoms. The van der Waals surface area contributed by atoms with Crippen LogP contribution in [0.4, 0.5) is 0 Å². The molecule has 162 valence electrons. The van der Waals surface area contributed by atoms with E-state index >= 15 is 0 Å². The molecule has 2 N–H and O–H groups in total. The molecular weight excluding hydrogens is 414 g/mol. The van der Waals surface area contributed by atoms with Gasteiger partial charge in [-0.1, -0.05) is 60.7 Å². The number of carbonyl (C=O) groups is 1. The molecule has 7 heteroatoms. The Kier molecular flexibility index (Phi) is 5.83. The van der Waals surface area contributed by atoms with Crippen molar-refractivity contribution in [1.29, 1.82) is 0 Å². The van der Waals surface area contributed by atoms with Crippen molar-refractivity contribution >= 4 is 26.8 Å². The Morgan fingerprint density at radius 1 is 0.935 bits per heavy atom. The van der Waals surface area contributed by atoms with Crippen LogP contribution in [0.3, 0.4) is 0 Å². The SMILES string of the molecule is O=C(O)C(Cc1ccccc1)C1(O)CCN(S(=O)(=O)c2ccc3ccccc3c2)CC1. The quantitative estimate of drug-likeness (QED) is 0.615. The summed E-state index contributed by atoms with van der Waals surface area (Å²) in [5.41, 5.74) is -0.633. The molecule has 1 unspecified atom stereocenters. The van der Waals surface area contributed by atoms with Crippen molar-refractivity contribution in [3.63, 3.8) is 0 Å². The van der Waals surface area contributed by atoms with Crippen molar-refractivity contribution in [2.24, 2.45) is 5.92 Å². The van der Waals surface area contributed by atoms with E-state index in [1.807, 2.05) is 54.6 Å². The van der Waals surface area contributed by atoms with E-state index in [0.29, 0.717) is 0 Å². The molecule has 4 rings (SSSR count). The summed E-state index contributed by atoms with van der Waals surface area (Å²) in [5, 5.41) is 22.7. The van der Waals surface area contributed by atoms with Crippen LogP contribution in [0.2, 0.25) is 0 Å². The smallest absolute Gasteiger partial charge is 0.309 e. The lowest BCUT2D eigenvalue weighted by atomic mass is 9.77. The second-order valence-corrected chi connectivity index (χ2v) is 10.0. The molecule has 6 nitrogen and oxygen atoms in total. The Labute approximate surface area is 181 Å². The summed E-state index contributed by atoms with van der Waals surface area (Å²) in [7, 11) is -3.73. The van der Waals surface area contributed by atoms with Crippen molar-refractivity contribution in [2.75, 3.05) is 13.1 Å². The van der Waals surface area contributed by atoms with E-state index in [-0.39, 0.29) is 37.2 Å². The number of carboxylic acid groups (broad SMARTS) is 1. The molecule has 1 aliphatic rings. The van der Waals surface area contributed by atoms with E-state index in [1.165, 1.54) is 4.31 Å². The first-order chi connectivity index (χ1) is 14.8. The van der Waals surface area contributed by atoms with Crippen LogP contribution in [0.1, 0.15) is 18.4 Å². The van der Waals surface area contributed by atoms with Crippen molar-refractivity contribution in [1.82, 2.24) is 4.31 Å². The predicted octanol–water partition coefficient (Wildman–Crippen LogP) is 3.30. The molecule has 1 heterocycles. The number of hydrogen-bond donors (Lipinski definition) is 2. The maximum absolute atomic E-state index is 13.2. The summed E-state index contributed by atoms with van der Waals surface area (Å²) in [4.78, 5) is 12.1. The van der Waals surface area contributed by atoms with E-state index in [4.69, 9.17) is 0 Å². The molecule has 0 spiro atoms. The lowest BCUT2D eigenvalue weighted by Crippen LogP contribution is -2.52. The van der Waals surface area contributed by atoms with Gasteiger partial charge < -0.3 is 10.2 Å². The van der Waals surface area contributed by atoms with Gasteiger partial charge in [0.25, 0.3) is 0 Å². The van der Waals surface area contributed by atoms with E-state index in [1.54, 1.807) is 18.2 Å². The van der Waals surface area contributed by atoms with Crippen LogP contribution in [0.25, 0.3) is 10.8 Å². The van der Waals surface area contributed by atoms with Gasteiger partial charge >= 0.3 is 5.97 Å². The number of fused-ring (bicyclic) bond motifs is 1. The molecule has 3 aromatic carbocycles. The minimum atomic E-state index is -3.73. The fourth-order valence-corrected chi connectivity index (χ4v) is 5.77. The van der Waals surface area contributed by atoms with Crippen LogP contribution in [-0.2, 0) is 21.2 Å². The van der Waals surface area contributed by atoms with Crippen molar-refractivity contribution in [3.8, 4) is 0 Å². The van der Waals surface area contributed by atoms with Crippen LogP contribution in [0.15, 0.2) is 77.7 Å². The van der Waals surface area contributed by atoms with E-state index < -0.39 is 27.5 Å². The Morgan fingerprint density at radius 2 is 1.55 bits per heavy atom. The van der Waals surface area contributed by atoms with Gasteiger partial charge in [0, 0.05) is 13.1 Å². The summed E-state index contributed by atoms with van der Waals surface area (Å²) in [6, 6.07) is 21.7. The van der Waals surface area contributed by atoms with Crippen LogP contribution < -0.4 is 0 Å². The van der Waals surface area contributed by atoms with Gasteiger partial charge in [-0.05, 0) is 47.7 Å². The minimum Gasteiger partial charge on any atom is -0.481 e. The van der Waals surface area contributed by atoms with E-state index in [2.05, 4.69) is 0 Å². The highest BCUT2D eigenvalue weighted by Gasteiger charge is 2.45. The average molecular weight is 440 g/mol. The van der Waals surface area contributed by atoms with Gasteiger partial charge in [-0.2, -0.15) is 4.31 Å². The molecule has 1 fully saturated rings. The zero-order chi connectivity index (χ0) is 22.1. The highest BCUT2D eigenvalue weighted by molar-refractivity contribution is 7.89. The van der Waals surface area contributed by atoms with Crippen LogP contribution >= 0.6 is 0 Å². The number of sulfonamides is 1. The third kappa shape index (κ3) is 4.35. The molecule has 31 heavy (non-hydrogen) atoms. The Bertz CT molecular complexity index is 1180. The number of aliphatic hydroxyl groups is 1. The third-order valence-corrected chi connectivity index (χ3v) is 8.07. The summed E-state index contributed by atoms with van der Waals surface area (Å²) in [6.07, 6.45) is 0.345. The molecule has 1 aliphatic heterocycles. The molecule has 3 aromatic rings. The summed E-state index contributed by atoms with van der Waals surface area (Å²) in [6.45, 7) is 0.147. The first-order valence-corrected chi connectivity index (χ1v) is 11.7. The lowest BCUT2D eigenvalue weighted by molar-refractivity contribution is -0.155. The van der Waals surface area contributed by atoms with Crippen molar-refractivity contribution in [3.05, 3.63) is 78.4 Å². The number of rotatable bonds is 6. The zero-order valence-corrected chi connectivity index (χ0v) is 17.8. The van der Waals surface area contributed by atoms with Crippen LogP contribution in [-0.4, -0.2) is 47.6 Å². The maximum Gasteiger partial charge on any atom is 0.309 e. The first kappa shape index (κ1) is 21.5. The number of nitrogens with zero attached hydrogens (tertiary/aromatic N) is 1. The Hall–Kier alpha value is -2.74.